The van der Waals surface area contributed by atoms with Gasteiger partial charge in [-0.3, -0.25) is 0 Å². The van der Waals surface area contributed by atoms with Crippen molar-refractivity contribution >= 4 is 12.9 Å². The Morgan fingerprint density at radius 2 is 2.43 bits per heavy atom. The molecular formula is C6H12N+. The molecule has 7 heavy (non-hydrogen) atoms. The molecule has 0 saturated heterocycles. The fourth-order valence-electron chi connectivity index (χ4n) is 0.285. The summed E-state index contributed by atoms with van der Waals surface area (Å²) in [5, 5.41) is 0. The van der Waals surface area contributed by atoms with Crippen LogP contribution in [0.3, 0.4) is 0 Å². The van der Waals surface area contributed by atoms with Gasteiger partial charge in [-0.1, -0.05) is 13.8 Å². The molecule has 0 fully saturated rings. The van der Waals surface area contributed by atoms with E-state index in [0.29, 0.717) is 5.92 Å². The first-order valence-corrected chi connectivity index (χ1v) is 2.60. The van der Waals surface area contributed by atoms with Gasteiger partial charge in [-0.15, -0.1) is 4.67 Å². The van der Waals surface area contributed by atoms with Crippen LogP contribution in [0, 0.1) is 5.92 Å². The molecule has 0 spiro atoms. The zero-order chi connectivity index (χ0) is 5.70. The lowest BCUT2D eigenvalue weighted by Gasteiger charge is -1.86. The van der Waals surface area contributed by atoms with Crippen molar-refractivity contribution in [1.82, 2.24) is 4.67 Å². The lowest BCUT2D eigenvalue weighted by molar-refractivity contribution is 0.754. The second kappa shape index (κ2) is 3.63. The highest BCUT2D eigenvalue weighted by Crippen LogP contribution is 1.91. The molecule has 0 unspecified atom stereocenters. The Morgan fingerprint density at radius 3 is 2.57 bits per heavy atom. The van der Waals surface area contributed by atoms with Crippen LogP contribution in [0.1, 0.15) is 20.3 Å². The summed E-state index contributed by atoms with van der Waals surface area (Å²) in [4.78, 5) is 0. The number of hydrogen-bond acceptors (Lipinski definition) is 0. The SMILES string of the molecule is C=[N+]=C[C@@H](C)CC. The summed E-state index contributed by atoms with van der Waals surface area (Å²) in [7, 11) is 0. The largest absolute Gasteiger partial charge is 0.271 e. The fourth-order valence-corrected chi connectivity index (χ4v) is 0.285. The summed E-state index contributed by atoms with van der Waals surface area (Å²) in [5.74, 6) is 0.595. The normalized spacial score (nSPS) is 12.3. The van der Waals surface area contributed by atoms with Crippen LogP contribution in [0.2, 0.25) is 0 Å². The van der Waals surface area contributed by atoms with E-state index >= 15 is 0 Å². The van der Waals surface area contributed by atoms with Gasteiger partial charge in [0.1, 0.15) is 0 Å². The molecular weight excluding hydrogens is 86.1 g/mol. The van der Waals surface area contributed by atoms with Crippen molar-refractivity contribution in [2.24, 2.45) is 5.92 Å². The van der Waals surface area contributed by atoms with Gasteiger partial charge in [0.25, 0.3) is 12.9 Å². The Morgan fingerprint density at radius 1 is 1.86 bits per heavy atom. The Kier molecular flexibility index (Phi) is 3.35. The molecule has 1 nitrogen and oxygen atoms in total. The number of rotatable bonds is 2. The Hall–Kier alpha value is -0.550. The van der Waals surface area contributed by atoms with E-state index in [1.165, 1.54) is 0 Å². The highest BCUT2D eigenvalue weighted by molar-refractivity contribution is 5.60. The first kappa shape index (κ1) is 6.45. The summed E-state index contributed by atoms with van der Waals surface area (Å²) >= 11 is 0. The maximum Gasteiger partial charge on any atom is 0.271 e. The van der Waals surface area contributed by atoms with Crippen LogP contribution in [0.5, 0.6) is 0 Å². The molecule has 0 bridgehead atoms. The summed E-state index contributed by atoms with van der Waals surface area (Å²) in [6.45, 7) is 7.59. The Balaban J connectivity index is 3.35. The molecule has 1 heteroatoms. The fraction of sp³-hybridized carbons (Fsp3) is 0.667. The van der Waals surface area contributed by atoms with Crippen molar-refractivity contribution in [3.8, 4) is 0 Å². The molecule has 0 aromatic carbocycles. The highest BCUT2D eigenvalue weighted by atomic mass is 14.5. The van der Waals surface area contributed by atoms with Gasteiger partial charge < -0.3 is 0 Å². The third-order valence-corrected chi connectivity index (χ3v) is 1.00. The molecule has 0 amide bonds. The van der Waals surface area contributed by atoms with Gasteiger partial charge in [0.2, 0.25) is 0 Å². The summed E-state index contributed by atoms with van der Waals surface area (Å²) < 4.78 is 3.63. The average Bonchev–Trinajstić information content (AvgIpc) is 1.68. The van der Waals surface area contributed by atoms with Gasteiger partial charge in [0.15, 0.2) is 0 Å². The molecule has 0 heterocycles. The minimum atomic E-state index is 0.595. The van der Waals surface area contributed by atoms with Crippen molar-refractivity contribution in [1.29, 1.82) is 0 Å². The van der Waals surface area contributed by atoms with Crippen LogP contribution in [-0.2, 0) is 0 Å². The summed E-state index contributed by atoms with van der Waals surface area (Å²) in [5.41, 5.74) is 0. The predicted molar refractivity (Wildman–Crippen MR) is 34.8 cm³/mol. The van der Waals surface area contributed by atoms with E-state index in [-0.39, 0.29) is 0 Å². The number of nitrogens with zero attached hydrogens (tertiary/aromatic N) is 1. The maximum absolute atomic E-state index is 3.63. The van der Waals surface area contributed by atoms with E-state index in [0.717, 1.165) is 6.42 Å². The Labute approximate surface area is 44.8 Å². The number of hydrogen-bond donors (Lipinski definition) is 0. The molecule has 0 rings (SSSR count). The Bertz CT molecular complexity index is 80.2. The van der Waals surface area contributed by atoms with Gasteiger partial charge >= 0.3 is 0 Å². The molecule has 0 N–H and O–H groups in total. The molecule has 0 radical (unpaired) electrons. The van der Waals surface area contributed by atoms with Crippen molar-refractivity contribution in [2.75, 3.05) is 0 Å². The molecule has 0 aliphatic heterocycles. The third kappa shape index (κ3) is 3.28. The van der Waals surface area contributed by atoms with Crippen LogP contribution in [0.25, 0.3) is 0 Å². The zero-order valence-corrected chi connectivity index (χ0v) is 5.02. The van der Waals surface area contributed by atoms with Crippen LogP contribution in [0.15, 0.2) is 0 Å². The molecule has 0 saturated carbocycles. The van der Waals surface area contributed by atoms with Gasteiger partial charge in [-0.25, -0.2) is 0 Å². The topological polar surface area (TPSA) is 14.1 Å². The smallest absolute Gasteiger partial charge is 0.114 e. The van der Waals surface area contributed by atoms with Gasteiger partial charge in [-0.05, 0) is 6.42 Å². The van der Waals surface area contributed by atoms with Crippen molar-refractivity contribution < 1.29 is 0 Å². The van der Waals surface area contributed by atoms with Crippen molar-refractivity contribution in [3.05, 3.63) is 0 Å². The van der Waals surface area contributed by atoms with Crippen LogP contribution < -0.4 is 4.67 Å². The first-order chi connectivity index (χ1) is 3.31. The highest BCUT2D eigenvalue weighted by Gasteiger charge is 1.95. The third-order valence-electron chi connectivity index (χ3n) is 1.00. The van der Waals surface area contributed by atoms with Crippen molar-refractivity contribution in [3.63, 3.8) is 0 Å². The minimum absolute atomic E-state index is 0.595. The van der Waals surface area contributed by atoms with Crippen LogP contribution >= 0.6 is 0 Å². The molecule has 0 aliphatic carbocycles. The van der Waals surface area contributed by atoms with E-state index in [2.05, 4.69) is 25.2 Å². The molecule has 0 aromatic rings. The van der Waals surface area contributed by atoms with Gasteiger partial charge in [0.05, 0.1) is 5.92 Å². The quantitative estimate of drug-likeness (QED) is 0.359. The van der Waals surface area contributed by atoms with E-state index in [9.17, 15) is 0 Å². The maximum atomic E-state index is 3.63. The summed E-state index contributed by atoms with van der Waals surface area (Å²) in [6, 6.07) is 0. The first-order valence-electron chi connectivity index (χ1n) is 2.60. The monoisotopic (exact) mass is 98.1 g/mol. The predicted octanol–water partition coefficient (Wildman–Crippen LogP) is 0.871. The van der Waals surface area contributed by atoms with E-state index in [4.69, 9.17) is 0 Å². The standard InChI is InChI=1S/C6H12N/c1-4-6(2)5-7-3/h5-6H,3-4H2,1-2H3/q+1/t6-/m0/s1. The van der Waals surface area contributed by atoms with Gasteiger partial charge in [-0.2, -0.15) is 0 Å². The summed E-state index contributed by atoms with van der Waals surface area (Å²) in [6.07, 6.45) is 3.01. The molecule has 1 atom stereocenters. The minimum Gasteiger partial charge on any atom is -0.114 e. The zero-order valence-electron chi connectivity index (χ0n) is 5.02. The molecule has 0 aromatic heterocycles. The molecule has 0 aliphatic rings. The van der Waals surface area contributed by atoms with Crippen LogP contribution in [-0.4, -0.2) is 12.9 Å². The van der Waals surface area contributed by atoms with E-state index in [1.807, 2.05) is 6.21 Å². The van der Waals surface area contributed by atoms with Gasteiger partial charge in [0, 0.05) is 0 Å². The second-order valence-electron chi connectivity index (χ2n) is 1.72. The molecule has 40 valence electrons. The van der Waals surface area contributed by atoms with E-state index < -0.39 is 0 Å². The lowest BCUT2D eigenvalue weighted by atomic mass is 10.1. The van der Waals surface area contributed by atoms with Crippen molar-refractivity contribution in [2.45, 2.75) is 20.3 Å². The van der Waals surface area contributed by atoms with Crippen LogP contribution in [0.4, 0.5) is 0 Å². The lowest BCUT2D eigenvalue weighted by Crippen LogP contribution is -1.93. The van der Waals surface area contributed by atoms with E-state index in [1.54, 1.807) is 0 Å². The second-order valence-corrected chi connectivity index (χ2v) is 1.72. The average molecular weight is 98.2 g/mol.